The third kappa shape index (κ3) is 2.61. The zero-order valence-electron chi connectivity index (χ0n) is 11.1. The molecule has 5 nitrogen and oxygen atoms in total. The molecule has 2 aromatic heterocycles. The van der Waals surface area contributed by atoms with Crippen molar-refractivity contribution in [3.63, 3.8) is 0 Å². The SMILES string of the molecule is CN(Cc1ccsc1)Cn1nnc2ccccc2c1=O. The van der Waals surface area contributed by atoms with Gasteiger partial charge in [-0.3, -0.25) is 9.69 Å². The number of fused-ring (bicyclic) bond motifs is 1. The van der Waals surface area contributed by atoms with E-state index in [1.54, 1.807) is 23.5 Å². The smallest absolute Gasteiger partial charge is 0.278 e. The van der Waals surface area contributed by atoms with Gasteiger partial charge in [-0.15, -0.1) is 5.10 Å². The average molecular weight is 286 g/mol. The van der Waals surface area contributed by atoms with Gasteiger partial charge in [0.1, 0.15) is 5.52 Å². The first-order valence-electron chi connectivity index (χ1n) is 6.26. The molecule has 3 aromatic rings. The molecule has 0 radical (unpaired) electrons. The van der Waals surface area contributed by atoms with Crippen molar-refractivity contribution in [2.24, 2.45) is 0 Å². The first-order valence-corrected chi connectivity index (χ1v) is 7.20. The highest BCUT2D eigenvalue weighted by Crippen LogP contribution is 2.09. The van der Waals surface area contributed by atoms with Crippen LogP contribution in [0.1, 0.15) is 5.56 Å². The summed E-state index contributed by atoms with van der Waals surface area (Å²) in [4.78, 5) is 14.3. The summed E-state index contributed by atoms with van der Waals surface area (Å²) >= 11 is 1.67. The summed E-state index contributed by atoms with van der Waals surface area (Å²) in [6, 6.07) is 9.34. The molecule has 0 aliphatic heterocycles. The molecule has 3 rings (SSSR count). The number of nitrogens with zero attached hydrogens (tertiary/aromatic N) is 4. The number of benzene rings is 1. The van der Waals surface area contributed by atoms with Gasteiger partial charge < -0.3 is 0 Å². The van der Waals surface area contributed by atoms with Crippen molar-refractivity contribution >= 4 is 22.2 Å². The van der Waals surface area contributed by atoms with Crippen molar-refractivity contribution in [2.75, 3.05) is 7.05 Å². The van der Waals surface area contributed by atoms with Crippen LogP contribution in [0.2, 0.25) is 0 Å². The van der Waals surface area contributed by atoms with E-state index in [0.29, 0.717) is 17.6 Å². The predicted molar refractivity (Wildman–Crippen MR) is 79.6 cm³/mol. The van der Waals surface area contributed by atoms with Gasteiger partial charge in [-0.2, -0.15) is 16.0 Å². The van der Waals surface area contributed by atoms with Gasteiger partial charge in [0.2, 0.25) is 0 Å². The summed E-state index contributed by atoms with van der Waals surface area (Å²) in [5.41, 5.74) is 1.77. The Morgan fingerprint density at radius 2 is 2.15 bits per heavy atom. The van der Waals surface area contributed by atoms with Gasteiger partial charge in [-0.05, 0) is 41.6 Å². The Hall–Kier alpha value is -2.05. The van der Waals surface area contributed by atoms with Gasteiger partial charge >= 0.3 is 0 Å². The topological polar surface area (TPSA) is 51.0 Å². The molecule has 102 valence electrons. The van der Waals surface area contributed by atoms with Crippen LogP contribution in [0.15, 0.2) is 45.9 Å². The first-order chi connectivity index (χ1) is 9.74. The van der Waals surface area contributed by atoms with E-state index in [9.17, 15) is 4.79 Å². The molecule has 0 aliphatic rings. The van der Waals surface area contributed by atoms with E-state index >= 15 is 0 Å². The Morgan fingerprint density at radius 1 is 1.30 bits per heavy atom. The van der Waals surface area contributed by atoms with Crippen LogP contribution in [0.4, 0.5) is 0 Å². The summed E-state index contributed by atoms with van der Waals surface area (Å²) in [5, 5.41) is 12.8. The molecule has 0 amide bonds. The molecule has 0 saturated carbocycles. The lowest BCUT2D eigenvalue weighted by Crippen LogP contribution is -2.32. The zero-order chi connectivity index (χ0) is 13.9. The summed E-state index contributed by atoms with van der Waals surface area (Å²) in [6.45, 7) is 1.21. The van der Waals surface area contributed by atoms with Crippen LogP contribution in [0, 0.1) is 0 Å². The fourth-order valence-corrected chi connectivity index (χ4v) is 2.75. The second-order valence-corrected chi connectivity index (χ2v) is 5.48. The normalized spacial score (nSPS) is 11.3. The fraction of sp³-hybridized carbons (Fsp3) is 0.214. The van der Waals surface area contributed by atoms with Crippen LogP contribution < -0.4 is 5.56 Å². The minimum absolute atomic E-state index is 0.104. The van der Waals surface area contributed by atoms with Crippen molar-refractivity contribution in [1.29, 1.82) is 0 Å². The minimum atomic E-state index is -0.104. The summed E-state index contributed by atoms with van der Waals surface area (Å²) < 4.78 is 1.40. The maximum absolute atomic E-state index is 12.3. The Morgan fingerprint density at radius 3 is 2.95 bits per heavy atom. The molecule has 20 heavy (non-hydrogen) atoms. The van der Waals surface area contributed by atoms with Crippen LogP contribution in [0.25, 0.3) is 10.9 Å². The highest BCUT2D eigenvalue weighted by atomic mass is 32.1. The molecule has 0 unspecified atom stereocenters. The van der Waals surface area contributed by atoms with Crippen molar-refractivity contribution < 1.29 is 0 Å². The van der Waals surface area contributed by atoms with Crippen molar-refractivity contribution in [1.82, 2.24) is 19.9 Å². The summed E-state index contributed by atoms with van der Waals surface area (Å²) in [6.07, 6.45) is 0. The van der Waals surface area contributed by atoms with Crippen LogP contribution >= 0.6 is 11.3 Å². The summed E-state index contributed by atoms with van der Waals surface area (Å²) in [7, 11) is 1.96. The molecule has 0 fully saturated rings. The lowest BCUT2D eigenvalue weighted by Gasteiger charge is -2.16. The molecule has 2 heterocycles. The second kappa shape index (κ2) is 5.52. The standard InChI is InChI=1S/C14H14N4OS/c1-17(8-11-6-7-20-9-11)10-18-14(19)12-4-2-3-5-13(12)15-16-18/h2-7,9H,8,10H2,1H3. The molecule has 0 bridgehead atoms. The lowest BCUT2D eigenvalue weighted by molar-refractivity contribution is 0.237. The summed E-state index contributed by atoms with van der Waals surface area (Å²) in [5.74, 6) is 0. The third-order valence-electron chi connectivity index (χ3n) is 3.04. The zero-order valence-corrected chi connectivity index (χ0v) is 11.9. The Labute approximate surface area is 120 Å². The molecule has 0 atom stereocenters. The molecule has 0 aliphatic carbocycles. The highest BCUT2D eigenvalue weighted by Gasteiger charge is 2.07. The van der Waals surface area contributed by atoms with Crippen LogP contribution in [0.3, 0.4) is 0 Å². The van der Waals surface area contributed by atoms with Crippen molar-refractivity contribution in [3.05, 3.63) is 57.0 Å². The van der Waals surface area contributed by atoms with E-state index in [1.807, 2.05) is 29.5 Å². The average Bonchev–Trinajstić information content (AvgIpc) is 2.95. The fourth-order valence-electron chi connectivity index (χ4n) is 2.09. The van der Waals surface area contributed by atoms with Crippen LogP contribution in [-0.4, -0.2) is 26.9 Å². The molecular weight excluding hydrogens is 272 g/mol. The van der Waals surface area contributed by atoms with Crippen molar-refractivity contribution in [2.45, 2.75) is 13.2 Å². The van der Waals surface area contributed by atoms with Gasteiger partial charge in [-0.25, -0.2) is 0 Å². The Kier molecular flexibility index (Phi) is 3.58. The number of hydrogen-bond acceptors (Lipinski definition) is 5. The molecule has 0 spiro atoms. The van der Waals surface area contributed by atoms with Gasteiger partial charge in [0.25, 0.3) is 5.56 Å². The van der Waals surface area contributed by atoms with E-state index in [0.717, 1.165) is 6.54 Å². The first kappa shape index (κ1) is 13.0. The van der Waals surface area contributed by atoms with E-state index in [1.165, 1.54) is 10.2 Å². The van der Waals surface area contributed by atoms with Gasteiger partial charge in [0.15, 0.2) is 0 Å². The van der Waals surface area contributed by atoms with Crippen molar-refractivity contribution in [3.8, 4) is 0 Å². The van der Waals surface area contributed by atoms with E-state index in [-0.39, 0.29) is 5.56 Å². The Bertz CT molecular complexity index is 766. The second-order valence-electron chi connectivity index (χ2n) is 4.70. The minimum Gasteiger partial charge on any atom is -0.283 e. The quantitative estimate of drug-likeness (QED) is 0.735. The molecule has 6 heteroatoms. The van der Waals surface area contributed by atoms with Gasteiger partial charge in [0.05, 0.1) is 12.1 Å². The third-order valence-corrected chi connectivity index (χ3v) is 3.77. The molecule has 0 N–H and O–H groups in total. The Balaban J connectivity index is 1.84. The number of aromatic nitrogens is 3. The lowest BCUT2D eigenvalue weighted by atomic mass is 10.2. The number of rotatable bonds is 4. The molecule has 0 saturated heterocycles. The highest BCUT2D eigenvalue weighted by molar-refractivity contribution is 7.07. The molecule has 1 aromatic carbocycles. The van der Waals surface area contributed by atoms with Crippen LogP contribution in [0.5, 0.6) is 0 Å². The van der Waals surface area contributed by atoms with Crippen LogP contribution in [-0.2, 0) is 13.2 Å². The van der Waals surface area contributed by atoms with Gasteiger partial charge in [-0.1, -0.05) is 17.3 Å². The maximum Gasteiger partial charge on any atom is 0.278 e. The van der Waals surface area contributed by atoms with E-state index < -0.39 is 0 Å². The maximum atomic E-state index is 12.3. The largest absolute Gasteiger partial charge is 0.283 e. The number of hydrogen-bond donors (Lipinski definition) is 0. The molecular formula is C14H14N4OS. The van der Waals surface area contributed by atoms with E-state index in [2.05, 4.69) is 21.8 Å². The van der Waals surface area contributed by atoms with E-state index in [4.69, 9.17) is 0 Å². The number of thiophene rings is 1. The van der Waals surface area contributed by atoms with Gasteiger partial charge in [0, 0.05) is 6.54 Å². The predicted octanol–water partition coefficient (Wildman–Crippen LogP) is 1.94. The monoisotopic (exact) mass is 286 g/mol.